The molecule has 31 heavy (non-hydrogen) atoms. The van der Waals surface area contributed by atoms with Gasteiger partial charge in [0.1, 0.15) is 18.1 Å². The monoisotopic (exact) mass is 426 g/mol. The van der Waals surface area contributed by atoms with Crippen molar-refractivity contribution >= 4 is 23.2 Å². The van der Waals surface area contributed by atoms with Gasteiger partial charge < -0.3 is 10.1 Å². The number of halogens is 1. The maximum atomic E-state index is 6.66. The zero-order valence-electron chi connectivity index (χ0n) is 16.8. The first-order chi connectivity index (χ1) is 15.2. The van der Waals surface area contributed by atoms with Crippen molar-refractivity contribution in [1.82, 2.24) is 14.8 Å². The number of benzene rings is 3. The van der Waals surface area contributed by atoms with Crippen molar-refractivity contribution in [3.05, 3.63) is 112 Å². The topological polar surface area (TPSA) is 52.0 Å². The van der Waals surface area contributed by atoms with E-state index in [2.05, 4.69) is 46.6 Å². The van der Waals surface area contributed by atoms with E-state index in [0.29, 0.717) is 11.0 Å². The highest BCUT2D eigenvalue weighted by Crippen LogP contribution is 2.51. The maximum absolute atomic E-state index is 6.66. The SMILES string of the molecule is Cc1ccc2c(c1)C1=C([C@H](c3ccccc3Cl)O2)[C@H](c2ccccc2)n2ncnc2N1. The second-order valence-corrected chi connectivity index (χ2v) is 8.22. The molecule has 3 aromatic carbocycles. The Bertz CT molecular complexity index is 1330. The Kier molecular flexibility index (Phi) is 4.11. The Balaban J connectivity index is 1.66. The van der Waals surface area contributed by atoms with E-state index in [1.54, 1.807) is 6.33 Å². The van der Waals surface area contributed by atoms with E-state index < -0.39 is 0 Å². The van der Waals surface area contributed by atoms with Crippen molar-refractivity contribution in [3.63, 3.8) is 0 Å². The van der Waals surface area contributed by atoms with Crippen molar-refractivity contribution in [1.29, 1.82) is 0 Å². The Morgan fingerprint density at radius 3 is 2.65 bits per heavy atom. The average molecular weight is 427 g/mol. The van der Waals surface area contributed by atoms with Crippen LogP contribution in [0.25, 0.3) is 5.70 Å². The van der Waals surface area contributed by atoms with Gasteiger partial charge in [-0.2, -0.15) is 10.1 Å². The third kappa shape index (κ3) is 2.85. The fourth-order valence-electron chi connectivity index (χ4n) is 4.49. The summed E-state index contributed by atoms with van der Waals surface area (Å²) in [5, 5.41) is 8.75. The summed E-state index contributed by atoms with van der Waals surface area (Å²) < 4.78 is 8.54. The number of hydrogen-bond donors (Lipinski definition) is 1. The molecule has 6 heteroatoms. The highest BCUT2D eigenvalue weighted by atomic mass is 35.5. The van der Waals surface area contributed by atoms with Crippen molar-refractivity contribution in [2.24, 2.45) is 0 Å². The number of hydrogen-bond acceptors (Lipinski definition) is 4. The minimum Gasteiger partial charge on any atom is -0.480 e. The Morgan fingerprint density at radius 1 is 1.00 bits per heavy atom. The van der Waals surface area contributed by atoms with E-state index in [0.717, 1.165) is 39.3 Å². The minimum atomic E-state index is -0.367. The predicted octanol–water partition coefficient (Wildman–Crippen LogP) is 5.80. The molecular formula is C25H19ClN4O. The number of anilines is 1. The number of aromatic nitrogens is 3. The molecule has 2 aliphatic rings. The zero-order valence-corrected chi connectivity index (χ0v) is 17.5. The molecule has 1 aromatic heterocycles. The Labute approximate surface area is 185 Å². The third-order valence-corrected chi connectivity index (χ3v) is 6.22. The summed E-state index contributed by atoms with van der Waals surface area (Å²) >= 11 is 6.66. The van der Waals surface area contributed by atoms with Gasteiger partial charge in [-0.25, -0.2) is 4.68 Å². The molecule has 0 saturated heterocycles. The Morgan fingerprint density at radius 2 is 1.81 bits per heavy atom. The zero-order chi connectivity index (χ0) is 20.9. The van der Waals surface area contributed by atoms with Crippen LogP contribution in [0.15, 0.2) is 84.7 Å². The molecule has 0 fully saturated rings. The van der Waals surface area contributed by atoms with Crippen LogP contribution in [0.3, 0.4) is 0 Å². The van der Waals surface area contributed by atoms with Crippen molar-refractivity contribution in [2.45, 2.75) is 19.1 Å². The molecule has 0 radical (unpaired) electrons. The number of fused-ring (bicyclic) bond motifs is 3. The van der Waals surface area contributed by atoms with E-state index in [-0.39, 0.29) is 12.1 Å². The summed E-state index contributed by atoms with van der Waals surface area (Å²) in [6.07, 6.45) is 1.22. The molecule has 0 unspecified atom stereocenters. The van der Waals surface area contributed by atoms with Crippen LogP contribution in [0.2, 0.25) is 5.02 Å². The van der Waals surface area contributed by atoms with E-state index in [4.69, 9.17) is 16.3 Å². The average Bonchev–Trinajstić information content (AvgIpc) is 3.27. The molecule has 3 heterocycles. The van der Waals surface area contributed by atoms with Crippen LogP contribution in [-0.4, -0.2) is 14.8 Å². The summed E-state index contributed by atoms with van der Waals surface area (Å²) in [7, 11) is 0. The molecule has 0 saturated carbocycles. The summed E-state index contributed by atoms with van der Waals surface area (Å²) in [4.78, 5) is 4.47. The fraction of sp³-hybridized carbons (Fsp3) is 0.120. The number of aryl methyl sites for hydroxylation is 1. The van der Waals surface area contributed by atoms with Gasteiger partial charge >= 0.3 is 0 Å². The maximum Gasteiger partial charge on any atom is 0.226 e. The van der Waals surface area contributed by atoms with Crippen LogP contribution in [0.1, 0.15) is 34.4 Å². The molecule has 152 valence electrons. The van der Waals surface area contributed by atoms with Crippen LogP contribution in [-0.2, 0) is 0 Å². The van der Waals surface area contributed by atoms with Gasteiger partial charge in [-0.15, -0.1) is 0 Å². The molecule has 4 aromatic rings. The minimum absolute atomic E-state index is 0.176. The number of nitrogens with one attached hydrogen (secondary N) is 1. The van der Waals surface area contributed by atoms with Crippen molar-refractivity contribution in [2.75, 3.05) is 5.32 Å². The van der Waals surface area contributed by atoms with Crippen LogP contribution >= 0.6 is 11.6 Å². The van der Waals surface area contributed by atoms with E-state index in [1.165, 1.54) is 0 Å². The molecular weight excluding hydrogens is 408 g/mol. The van der Waals surface area contributed by atoms with Gasteiger partial charge in [-0.3, -0.25) is 0 Å². The normalized spacial score (nSPS) is 19.0. The molecule has 0 spiro atoms. The molecule has 5 nitrogen and oxygen atoms in total. The third-order valence-electron chi connectivity index (χ3n) is 5.87. The highest BCUT2D eigenvalue weighted by molar-refractivity contribution is 6.31. The van der Waals surface area contributed by atoms with E-state index in [9.17, 15) is 0 Å². The Hall–Kier alpha value is -3.57. The summed E-state index contributed by atoms with van der Waals surface area (Å²) in [5.74, 6) is 1.53. The summed E-state index contributed by atoms with van der Waals surface area (Å²) in [6, 6.07) is 24.2. The quantitative estimate of drug-likeness (QED) is 0.440. The molecule has 6 rings (SSSR count). The van der Waals surface area contributed by atoms with Gasteiger partial charge in [-0.05, 0) is 30.7 Å². The molecule has 1 N–H and O–H groups in total. The lowest BCUT2D eigenvalue weighted by molar-refractivity contribution is 0.223. The lowest BCUT2D eigenvalue weighted by Gasteiger charge is -2.39. The van der Waals surface area contributed by atoms with Gasteiger partial charge in [0.05, 0.1) is 5.70 Å². The standard InChI is InChI=1S/C25H19ClN4O/c1-15-11-12-20-18(13-15)22-21(24(31-20)17-9-5-6-10-19(17)26)23(16-7-3-2-4-8-16)30-25(29-22)27-14-28-30/h2-14,23-24H,1H3,(H,27,28,29)/t23-,24-/m0/s1. The van der Waals surface area contributed by atoms with Gasteiger partial charge in [0.2, 0.25) is 5.95 Å². The van der Waals surface area contributed by atoms with Crippen LogP contribution in [0.4, 0.5) is 5.95 Å². The predicted molar refractivity (Wildman–Crippen MR) is 121 cm³/mol. The van der Waals surface area contributed by atoms with Crippen LogP contribution in [0.5, 0.6) is 5.75 Å². The fourth-order valence-corrected chi connectivity index (χ4v) is 4.72. The molecule has 0 amide bonds. The first kappa shape index (κ1) is 18.2. The molecule has 2 atom stereocenters. The number of rotatable bonds is 2. The lowest BCUT2D eigenvalue weighted by Crippen LogP contribution is -2.32. The second kappa shape index (κ2) is 7.00. The van der Waals surface area contributed by atoms with Gasteiger partial charge in [0.25, 0.3) is 0 Å². The largest absolute Gasteiger partial charge is 0.480 e. The molecule has 0 bridgehead atoms. The van der Waals surface area contributed by atoms with Crippen LogP contribution < -0.4 is 10.1 Å². The summed E-state index contributed by atoms with van der Waals surface area (Å²) in [5.41, 5.74) is 6.29. The van der Waals surface area contributed by atoms with E-state index >= 15 is 0 Å². The number of nitrogens with zero attached hydrogens (tertiary/aromatic N) is 3. The first-order valence-corrected chi connectivity index (χ1v) is 10.6. The van der Waals surface area contributed by atoms with E-state index in [1.807, 2.05) is 53.2 Å². The molecule has 0 aliphatic carbocycles. The first-order valence-electron chi connectivity index (χ1n) is 10.2. The van der Waals surface area contributed by atoms with Gasteiger partial charge in [-0.1, -0.05) is 71.8 Å². The van der Waals surface area contributed by atoms with Gasteiger partial charge in [0, 0.05) is 21.7 Å². The summed E-state index contributed by atoms with van der Waals surface area (Å²) in [6.45, 7) is 2.08. The van der Waals surface area contributed by atoms with Crippen molar-refractivity contribution < 1.29 is 4.74 Å². The number of ether oxygens (including phenoxy) is 1. The lowest BCUT2D eigenvalue weighted by atomic mass is 9.84. The highest BCUT2D eigenvalue weighted by Gasteiger charge is 2.41. The van der Waals surface area contributed by atoms with Gasteiger partial charge in [0.15, 0.2) is 6.10 Å². The second-order valence-electron chi connectivity index (χ2n) is 7.82. The van der Waals surface area contributed by atoms with Crippen LogP contribution in [0, 0.1) is 6.92 Å². The smallest absolute Gasteiger partial charge is 0.226 e. The van der Waals surface area contributed by atoms with Crippen molar-refractivity contribution in [3.8, 4) is 5.75 Å². The molecule has 2 aliphatic heterocycles.